The number of thiophene rings is 1. The molecular formula is C22H20N2O2S. The third-order valence-corrected chi connectivity index (χ3v) is 5.45. The third-order valence-electron chi connectivity index (χ3n) is 4.76. The Kier molecular flexibility index (Phi) is 5.03. The van der Waals surface area contributed by atoms with Gasteiger partial charge in [-0.3, -0.25) is 9.59 Å². The Morgan fingerprint density at radius 1 is 0.926 bits per heavy atom. The summed E-state index contributed by atoms with van der Waals surface area (Å²) in [5.74, 6) is 0.0254. The molecule has 0 atom stereocenters. The Hall–Kier alpha value is -2.92. The molecule has 1 aromatic heterocycles. The second-order valence-corrected chi connectivity index (χ2v) is 7.37. The Labute approximate surface area is 162 Å². The van der Waals surface area contributed by atoms with Gasteiger partial charge in [0.15, 0.2) is 0 Å². The van der Waals surface area contributed by atoms with Crippen molar-refractivity contribution >= 4 is 34.5 Å². The number of carbonyl (C=O) groups is 2. The zero-order valence-corrected chi connectivity index (χ0v) is 15.7. The van der Waals surface area contributed by atoms with Crippen LogP contribution in [0.15, 0.2) is 65.4 Å². The number of amides is 2. The van der Waals surface area contributed by atoms with E-state index in [0.29, 0.717) is 12.0 Å². The summed E-state index contributed by atoms with van der Waals surface area (Å²) in [6.07, 6.45) is 2.61. The molecule has 136 valence electrons. The van der Waals surface area contributed by atoms with Crippen molar-refractivity contribution in [3.05, 3.63) is 70.9 Å². The molecule has 0 saturated carbocycles. The van der Waals surface area contributed by atoms with E-state index in [1.165, 1.54) is 0 Å². The topological polar surface area (TPSA) is 49.4 Å². The zero-order chi connectivity index (χ0) is 18.6. The van der Waals surface area contributed by atoms with Crippen molar-refractivity contribution in [2.75, 3.05) is 16.8 Å². The number of nitrogens with zero attached hydrogens (tertiary/aromatic N) is 1. The predicted octanol–water partition coefficient (Wildman–Crippen LogP) is 5.18. The Morgan fingerprint density at radius 3 is 2.37 bits per heavy atom. The summed E-state index contributed by atoms with van der Waals surface area (Å²) < 4.78 is 0. The van der Waals surface area contributed by atoms with E-state index < -0.39 is 0 Å². The lowest BCUT2D eigenvalue weighted by Crippen LogP contribution is -2.35. The first-order chi connectivity index (χ1) is 13.2. The fourth-order valence-corrected chi connectivity index (χ4v) is 3.91. The highest BCUT2D eigenvalue weighted by atomic mass is 32.1. The molecule has 2 heterocycles. The van der Waals surface area contributed by atoms with E-state index in [1.54, 1.807) is 11.3 Å². The van der Waals surface area contributed by atoms with Gasteiger partial charge < -0.3 is 10.2 Å². The second kappa shape index (κ2) is 7.76. The third kappa shape index (κ3) is 3.93. The minimum Gasteiger partial charge on any atom is -0.322 e. The summed E-state index contributed by atoms with van der Waals surface area (Å²) in [5.41, 5.74) is 4.48. The smallest absolute Gasteiger partial charge is 0.255 e. The molecule has 0 bridgehead atoms. The van der Waals surface area contributed by atoms with Crippen molar-refractivity contribution in [1.29, 1.82) is 0 Å². The molecule has 1 saturated heterocycles. The number of hydrogen-bond acceptors (Lipinski definition) is 3. The van der Waals surface area contributed by atoms with E-state index >= 15 is 0 Å². The maximum Gasteiger partial charge on any atom is 0.255 e. The number of anilines is 2. The summed E-state index contributed by atoms with van der Waals surface area (Å²) in [7, 11) is 0. The maximum atomic E-state index is 12.5. The van der Waals surface area contributed by atoms with Crippen LogP contribution >= 0.6 is 11.3 Å². The summed E-state index contributed by atoms with van der Waals surface area (Å²) in [4.78, 5) is 26.3. The van der Waals surface area contributed by atoms with E-state index in [2.05, 4.69) is 16.8 Å². The molecule has 27 heavy (non-hydrogen) atoms. The molecule has 4 nitrogen and oxygen atoms in total. The highest BCUT2D eigenvalue weighted by Crippen LogP contribution is 2.24. The minimum atomic E-state index is -0.145. The van der Waals surface area contributed by atoms with Gasteiger partial charge in [-0.1, -0.05) is 12.1 Å². The van der Waals surface area contributed by atoms with Crippen molar-refractivity contribution in [3.63, 3.8) is 0 Å². The van der Waals surface area contributed by atoms with Crippen LogP contribution in [0, 0.1) is 0 Å². The van der Waals surface area contributed by atoms with Gasteiger partial charge in [-0.15, -0.1) is 0 Å². The van der Waals surface area contributed by atoms with Gasteiger partial charge in [-0.2, -0.15) is 11.3 Å². The summed E-state index contributed by atoms with van der Waals surface area (Å²) in [6.45, 7) is 0.765. The fraction of sp³-hybridized carbons (Fsp3) is 0.182. The molecule has 1 fully saturated rings. The summed E-state index contributed by atoms with van der Waals surface area (Å²) in [5, 5.41) is 7.04. The van der Waals surface area contributed by atoms with Crippen LogP contribution < -0.4 is 10.2 Å². The summed E-state index contributed by atoms with van der Waals surface area (Å²) >= 11 is 1.65. The first kappa shape index (κ1) is 17.5. The van der Waals surface area contributed by atoms with Crippen molar-refractivity contribution in [2.24, 2.45) is 0 Å². The Morgan fingerprint density at radius 2 is 1.70 bits per heavy atom. The van der Waals surface area contributed by atoms with Crippen LogP contribution in [0.25, 0.3) is 11.1 Å². The van der Waals surface area contributed by atoms with Gasteiger partial charge in [0.1, 0.15) is 0 Å². The van der Waals surface area contributed by atoms with Gasteiger partial charge in [-0.25, -0.2) is 0 Å². The van der Waals surface area contributed by atoms with E-state index in [1.807, 2.05) is 58.8 Å². The molecular weight excluding hydrogens is 356 g/mol. The van der Waals surface area contributed by atoms with E-state index in [-0.39, 0.29) is 11.8 Å². The standard InChI is InChI=1S/C22H20N2O2S/c25-21-3-1-2-13-24(21)20-10-8-19(9-11-20)23-22(26)17-6-4-16(5-7-17)18-12-14-27-15-18/h4-12,14-15H,1-3,13H2,(H,23,26). The predicted molar refractivity (Wildman–Crippen MR) is 110 cm³/mol. The first-order valence-corrected chi connectivity index (χ1v) is 9.99. The average molecular weight is 376 g/mol. The van der Waals surface area contributed by atoms with Gasteiger partial charge in [0, 0.05) is 29.9 Å². The highest BCUT2D eigenvalue weighted by molar-refractivity contribution is 7.08. The van der Waals surface area contributed by atoms with E-state index in [0.717, 1.165) is 41.9 Å². The van der Waals surface area contributed by atoms with Crippen molar-refractivity contribution < 1.29 is 9.59 Å². The van der Waals surface area contributed by atoms with Crippen LogP contribution in [0.2, 0.25) is 0 Å². The lowest BCUT2D eigenvalue weighted by Gasteiger charge is -2.26. The van der Waals surface area contributed by atoms with Crippen LogP contribution in [0.3, 0.4) is 0 Å². The number of piperidine rings is 1. The van der Waals surface area contributed by atoms with Gasteiger partial charge in [0.05, 0.1) is 0 Å². The molecule has 4 rings (SSSR count). The van der Waals surface area contributed by atoms with Gasteiger partial charge >= 0.3 is 0 Å². The number of rotatable bonds is 4. The van der Waals surface area contributed by atoms with Gasteiger partial charge in [-0.05, 0) is 77.2 Å². The molecule has 0 unspecified atom stereocenters. The SMILES string of the molecule is O=C(Nc1ccc(N2CCCCC2=O)cc1)c1ccc(-c2ccsc2)cc1. The fourth-order valence-electron chi connectivity index (χ4n) is 3.25. The molecule has 3 aromatic rings. The highest BCUT2D eigenvalue weighted by Gasteiger charge is 2.19. The minimum absolute atomic E-state index is 0.145. The lowest BCUT2D eigenvalue weighted by atomic mass is 10.1. The van der Waals surface area contributed by atoms with Gasteiger partial charge in [0.2, 0.25) is 5.91 Å². The first-order valence-electron chi connectivity index (χ1n) is 9.05. The quantitative estimate of drug-likeness (QED) is 0.682. The average Bonchev–Trinajstić information content (AvgIpc) is 3.24. The van der Waals surface area contributed by atoms with Crippen molar-refractivity contribution in [3.8, 4) is 11.1 Å². The normalized spacial score (nSPS) is 14.2. The molecule has 1 N–H and O–H groups in total. The maximum absolute atomic E-state index is 12.5. The van der Waals surface area contributed by atoms with Crippen LogP contribution in [0.4, 0.5) is 11.4 Å². The zero-order valence-electron chi connectivity index (χ0n) is 14.9. The number of hydrogen-bond donors (Lipinski definition) is 1. The molecule has 5 heteroatoms. The molecule has 1 aliphatic heterocycles. The molecule has 0 spiro atoms. The summed E-state index contributed by atoms with van der Waals surface area (Å²) in [6, 6.07) is 17.1. The monoisotopic (exact) mass is 376 g/mol. The molecule has 2 amide bonds. The van der Waals surface area contributed by atoms with Gasteiger partial charge in [0.25, 0.3) is 5.91 Å². The molecule has 1 aliphatic rings. The van der Waals surface area contributed by atoms with Crippen LogP contribution in [0.5, 0.6) is 0 Å². The van der Waals surface area contributed by atoms with E-state index in [4.69, 9.17) is 0 Å². The molecule has 0 radical (unpaired) electrons. The second-order valence-electron chi connectivity index (χ2n) is 6.59. The van der Waals surface area contributed by atoms with Crippen molar-refractivity contribution in [1.82, 2.24) is 0 Å². The number of carbonyl (C=O) groups excluding carboxylic acids is 2. The van der Waals surface area contributed by atoms with Crippen LogP contribution in [-0.4, -0.2) is 18.4 Å². The molecule has 2 aromatic carbocycles. The van der Waals surface area contributed by atoms with Crippen LogP contribution in [-0.2, 0) is 4.79 Å². The molecule has 0 aliphatic carbocycles. The lowest BCUT2D eigenvalue weighted by molar-refractivity contribution is -0.119. The van der Waals surface area contributed by atoms with E-state index in [9.17, 15) is 9.59 Å². The van der Waals surface area contributed by atoms with Crippen molar-refractivity contribution in [2.45, 2.75) is 19.3 Å². The largest absolute Gasteiger partial charge is 0.322 e. The Bertz CT molecular complexity index is 931. The van der Waals surface area contributed by atoms with Crippen LogP contribution in [0.1, 0.15) is 29.6 Å². The number of nitrogens with one attached hydrogen (secondary N) is 1. The Balaban J connectivity index is 1.42. The number of benzene rings is 2.